The first-order valence-corrected chi connectivity index (χ1v) is 13.0. The number of thiocarbonyl (C=S) groups is 1. The first-order valence-electron chi connectivity index (χ1n) is 10.8. The van der Waals surface area contributed by atoms with Gasteiger partial charge in [-0.2, -0.15) is 4.31 Å². The number of hydrogen-bond donors (Lipinski definition) is 2. The molecule has 0 unspecified atom stereocenters. The molecule has 0 aromatic heterocycles. The molecule has 32 heavy (non-hydrogen) atoms. The molecule has 1 aliphatic carbocycles. The van der Waals surface area contributed by atoms with Gasteiger partial charge < -0.3 is 16.0 Å². The Hall–Kier alpha value is -1.94. The van der Waals surface area contributed by atoms with Gasteiger partial charge in [0.05, 0.1) is 4.90 Å². The number of hydrogen-bond acceptors (Lipinski definition) is 4. The molecule has 4 rings (SSSR count). The van der Waals surface area contributed by atoms with Crippen molar-refractivity contribution in [2.75, 3.05) is 26.2 Å². The number of sulfonamides is 1. The number of amides is 1. The first kappa shape index (κ1) is 23.2. The van der Waals surface area contributed by atoms with Crippen molar-refractivity contribution in [1.82, 2.24) is 14.5 Å². The quantitative estimate of drug-likeness (QED) is 0.634. The Morgan fingerprint density at radius 3 is 2.28 bits per heavy atom. The summed E-state index contributed by atoms with van der Waals surface area (Å²) >= 11 is 10.9. The van der Waals surface area contributed by atoms with Crippen molar-refractivity contribution in [3.05, 3.63) is 41.4 Å². The Kier molecular flexibility index (Phi) is 6.90. The van der Waals surface area contributed by atoms with Crippen LogP contribution in [-0.4, -0.2) is 60.9 Å². The molecular formula is C22H27ClN4O3S2. The number of carbonyl (C=O) groups excluding carboxylic acids is 1. The first-order chi connectivity index (χ1) is 15.2. The van der Waals surface area contributed by atoms with E-state index in [-0.39, 0.29) is 22.8 Å². The molecular weight excluding hydrogens is 468 g/mol. The monoisotopic (exact) mass is 494 g/mol. The fourth-order valence-electron chi connectivity index (χ4n) is 4.60. The summed E-state index contributed by atoms with van der Waals surface area (Å²) < 4.78 is 27.8. The summed E-state index contributed by atoms with van der Waals surface area (Å²) in [5.74, 6) is 0.105. The summed E-state index contributed by atoms with van der Waals surface area (Å²) in [7, 11) is -3.63. The van der Waals surface area contributed by atoms with Crippen LogP contribution in [0.5, 0.6) is 0 Å². The van der Waals surface area contributed by atoms with E-state index >= 15 is 0 Å². The summed E-state index contributed by atoms with van der Waals surface area (Å²) in [6.07, 6.45) is 3.29. The highest BCUT2D eigenvalue weighted by molar-refractivity contribution is 7.89. The van der Waals surface area contributed by atoms with Gasteiger partial charge in [0.1, 0.15) is 0 Å². The highest BCUT2D eigenvalue weighted by Gasteiger charge is 2.34. The second-order valence-corrected chi connectivity index (χ2v) is 11.3. The lowest BCUT2D eigenvalue weighted by atomic mass is 9.85. The minimum absolute atomic E-state index is 0.0186. The van der Waals surface area contributed by atoms with E-state index < -0.39 is 10.0 Å². The molecule has 10 heteroatoms. The molecule has 1 saturated heterocycles. The molecule has 0 atom stereocenters. The Labute approximate surface area is 198 Å². The van der Waals surface area contributed by atoms with E-state index in [2.05, 4.69) is 5.32 Å². The molecule has 2 aromatic carbocycles. The number of nitrogens with two attached hydrogens (primary N) is 1. The van der Waals surface area contributed by atoms with Crippen molar-refractivity contribution >= 4 is 55.6 Å². The maximum Gasteiger partial charge on any atom is 0.243 e. The molecule has 1 saturated carbocycles. The lowest BCUT2D eigenvalue weighted by molar-refractivity contribution is -0.137. The maximum absolute atomic E-state index is 13.2. The van der Waals surface area contributed by atoms with Crippen molar-refractivity contribution in [3.63, 3.8) is 0 Å². The van der Waals surface area contributed by atoms with Gasteiger partial charge in [-0.15, -0.1) is 0 Å². The van der Waals surface area contributed by atoms with E-state index in [1.54, 1.807) is 29.2 Å². The zero-order valence-corrected chi connectivity index (χ0v) is 20.1. The van der Waals surface area contributed by atoms with E-state index in [1.807, 2.05) is 12.1 Å². The predicted octanol–water partition coefficient (Wildman–Crippen LogP) is 2.72. The summed E-state index contributed by atoms with van der Waals surface area (Å²) in [6.45, 7) is 1.41. The fourth-order valence-corrected chi connectivity index (χ4v) is 6.40. The molecule has 172 valence electrons. The average molecular weight is 495 g/mol. The van der Waals surface area contributed by atoms with Gasteiger partial charge in [-0.3, -0.25) is 4.79 Å². The Morgan fingerprint density at radius 2 is 1.62 bits per heavy atom. The molecule has 1 aliphatic heterocycles. The number of carbonyl (C=O) groups is 1. The molecule has 1 heterocycles. The third kappa shape index (κ3) is 5.01. The number of halogens is 1. The molecule has 2 fully saturated rings. The molecule has 2 aromatic rings. The van der Waals surface area contributed by atoms with Crippen LogP contribution in [0.3, 0.4) is 0 Å². The van der Waals surface area contributed by atoms with Crippen LogP contribution in [-0.2, 0) is 14.8 Å². The van der Waals surface area contributed by atoms with Gasteiger partial charge in [0.25, 0.3) is 0 Å². The summed E-state index contributed by atoms with van der Waals surface area (Å²) in [5.41, 5.74) is 5.54. The molecule has 2 aliphatic rings. The zero-order valence-electron chi connectivity index (χ0n) is 17.7. The smallest absolute Gasteiger partial charge is 0.243 e. The van der Waals surface area contributed by atoms with Crippen molar-refractivity contribution < 1.29 is 13.2 Å². The summed E-state index contributed by atoms with van der Waals surface area (Å²) in [5, 5.41) is 5.71. The highest BCUT2D eigenvalue weighted by Crippen LogP contribution is 2.28. The summed E-state index contributed by atoms with van der Waals surface area (Å²) in [4.78, 5) is 15.0. The van der Waals surface area contributed by atoms with E-state index in [0.29, 0.717) is 36.3 Å². The topological polar surface area (TPSA) is 95.7 Å². The number of piperazine rings is 1. The Morgan fingerprint density at radius 1 is 1.00 bits per heavy atom. The van der Waals surface area contributed by atoms with Crippen LogP contribution in [0.15, 0.2) is 41.3 Å². The van der Waals surface area contributed by atoms with Gasteiger partial charge in [-0.25, -0.2) is 8.42 Å². The third-order valence-electron chi connectivity index (χ3n) is 6.38. The summed E-state index contributed by atoms with van der Waals surface area (Å²) in [6, 6.07) is 10.7. The third-order valence-corrected chi connectivity index (χ3v) is 8.63. The lowest BCUT2D eigenvalue weighted by Gasteiger charge is -2.37. The van der Waals surface area contributed by atoms with Crippen LogP contribution in [0.1, 0.15) is 25.7 Å². The van der Waals surface area contributed by atoms with E-state index in [9.17, 15) is 13.2 Å². The average Bonchev–Trinajstić information content (AvgIpc) is 2.78. The Bertz CT molecular complexity index is 1130. The van der Waals surface area contributed by atoms with Crippen molar-refractivity contribution in [1.29, 1.82) is 0 Å². The van der Waals surface area contributed by atoms with Crippen LogP contribution in [0.2, 0.25) is 5.02 Å². The van der Waals surface area contributed by atoms with E-state index in [0.717, 1.165) is 36.5 Å². The minimum Gasteiger partial charge on any atom is -0.376 e. The van der Waals surface area contributed by atoms with E-state index in [4.69, 9.17) is 29.6 Å². The van der Waals surface area contributed by atoms with E-state index in [1.165, 1.54) is 4.31 Å². The van der Waals surface area contributed by atoms with Crippen molar-refractivity contribution in [2.24, 2.45) is 11.7 Å². The molecule has 1 amide bonds. The van der Waals surface area contributed by atoms with Crippen LogP contribution < -0.4 is 11.1 Å². The van der Waals surface area contributed by atoms with Crippen molar-refractivity contribution in [2.45, 2.75) is 36.6 Å². The van der Waals surface area contributed by atoms with Gasteiger partial charge in [-0.05, 0) is 72.9 Å². The number of nitrogens with zero attached hydrogens (tertiary/aromatic N) is 2. The van der Waals surface area contributed by atoms with Gasteiger partial charge in [0.2, 0.25) is 15.9 Å². The molecule has 0 spiro atoms. The standard InChI is InChI=1S/C22H27ClN4O3S2/c23-18-5-1-17-14-20(8-4-16(17)13-18)32(29,30)27-11-9-26(10-12-27)21(28)15-2-6-19(7-3-15)25-22(24)31/h1,4-5,8,13-15,19H,2-3,6-7,9-12H2,(H3,24,25,31)/t15-,19-. The molecule has 0 bridgehead atoms. The van der Waals surface area contributed by atoms with Gasteiger partial charge in [0.15, 0.2) is 5.11 Å². The SMILES string of the molecule is NC(=S)N[C@H]1CC[C@H](C(=O)N2CCN(S(=O)(=O)c3ccc4cc(Cl)ccc4c3)CC2)CC1. The van der Waals surface area contributed by atoms with Crippen LogP contribution in [0.4, 0.5) is 0 Å². The van der Waals surface area contributed by atoms with Gasteiger partial charge in [0, 0.05) is 43.2 Å². The van der Waals surface area contributed by atoms with Crippen LogP contribution in [0, 0.1) is 5.92 Å². The normalized spacial score (nSPS) is 22.6. The molecule has 7 nitrogen and oxygen atoms in total. The lowest BCUT2D eigenvalue weighted by Crippen LogP contribution is -2.52. The zero-order chi connectivity index (χ0) is 22.9. The van der Waals surface area contributed by atoms with Crippen molar-refractivity contribution in [3.8, 4) is 0 Å². The Balaban J connectivity index is 1.36. The fraction of sp³-hybridized carbons (Fsp3) is 0.455. The second-order valence-electron chi connectivity index (χ2n) is 8.44. The molecule has 3 N–H and O–H groups in total. The minimum atomic E-state index is -3.63. The highest BCUT2D eigenvalue weighted by atomic mass is 35.5. The van der Waals surface area contributed by atoms with Gasteiger partial charge in [-0.1, -0.05) is 23.7 Å². The largest absolute Gasteiger partial charge is 0.376 e. The van der Waals surface area contributed by atoms with Crippen LogP contribution in [0.25, 0.3) is 10.8 Å². The number of rotatable bonds is 4. The van der Waals surface area contributed by atoms with Gasteiger partial charge >= 0.3 is 0 Å². The second kappa shape index (κ2) is 9.51. The number of nitrogens with one attached hydrogen (secondary N) is 1. The van der Waals surface area contributed by atoms with Crippen LogP contribution >= 0.6 is 23.8 Å². The maximum atomic E-state index is 13.2. The number of benzene rings is 2. The number of fused-ring (bicyclic) bond motifs is 1. The molecule has 0 radical (unpaired) electrons. The predicted molar refractivity (Wildman–Crippen MR) is 130 cm³/mol.